The molecule has 0 bridgehead atoms. The summed E-state index contributed by atoms with van der Waals surface area (Å²) in [5, 5.41) is 10.8. The van der Waals surface area contributed by atoms with Crippen molar-refractivity contribution in [2.75, 3.05) is 30.7 Å². The van der Waals surface area contributed by atoms with Crippen molar-refractivity contribution in [1.82, 2.24) is 10.2 Å². The van der Waals surface area contributed by atoms with Gasteiger partial charge in [-0.2, -0.15) is 13.2 Å². The van der Waals surface area contributed by atoms with E-state index in [1.54, 1.807) is 20.8 Å². The van der Waals surface area contributed by atoms with E-state index in [2.05, 4.69) is 15.5 Å². The molecule has 42 heavy (non-hydrogen) atoms. The fraction of sp³-hybridized carbons (Fsp3) is 0.500. The van der Waals surface area contributed by atoms with Gasteiger partial charge in [0.15, 0.2) is 0 Å². The van der Waals surface area contributed by atoms with Crippen LogP contribution in [-0.2, 0) is 24.6 Å². The van der Waals surface area contributed by atoms with E-state index in [0.717, 1.165) is 17.0 Å². The van der Waals surface area contributed by atoms with Crippen LogP contribution in [0.15, 0.2) is 63.2 Å². The summed E-state index contributed by atoms with van der Waals surface area (Å²) in [7, 11) is -10.4. The number of ether oxygens (including phenoxy) is 1. The zero-order chi connectivity index (χ0) is 31.3. The minimum Gasteiger partial charge on any atom is -0.444 e. The number of nitrogens with two attached hydrogens (primary N) is 1. The van der Waals surface area contributed by atoms with Gasteiger partial charge in [-0.15, -0.1) is 11.8 Å². The van der Waals surface area contributed by atoms with Gasteiger partial charge in [-0.05, 0) is 63.9 Å². The quantitative estimate of drug-likeness (QED) is 0.304. The van der Waals surface area contributed by atoms with Crippen LogP contribution in [0.25, 0.3) is 0 Å². The normalized spacial score (nSPS) is 17.5. The number of benzene rings is 2. The number of anilines is 1. The molecule has 0 aliphatic carbocycles. The zero-order valence-corrected chi connectivity index (χ0v) is 25.8. The number of likely N-dealkylation sites (tertiary alicyclic amines) is 1. The summed E-state index contributed by atoms with van der Waals surface area (Å²) in [6.45, 7) is 6.99. The summed E-state index contributed by atoms with van der Waals surface area (Å²) in [6.07, 6.45) is 0.565. The van der Waals surface area contributed by atoms with Crippen LogP contribution in [0.5, 0.6) is 0 Å². The van der Waals surface area contributed by atoms with Gasteiger partial charge in [0.25, 0.3) is 9.84 Å². The number of amides is 1. The summed E-state index contributed by atoms with van der Waals surface area (Å²) in [4.78, 5) is 13.1. The summed E-state index contributed by atoms with van der Waals surface area (Å²) in [5.74, 6) is 0.361. The molecular formula is C26H35F3N4O6S3. The Morgan fingerprint density at radius 1 is 1.12 bits per heavy atom. The number of primary sulfonamides is 1. The molecule has 2 aromatic carbocycles. The van der Waals surface area contributed by atoms with Crippen LogP contribution in [0.4, 0.5) is 23.7 Å². The first-order valence-electron chi connectivity index (χ1n) is 13.0. The highest BCUT2D eigenvalue weighted by atomic mass is 32.2. The molecular weight excluding hydrogens is 618 g/mol. The Hall–Kier alpha value is -2.53. The molecule has 0 unspecified atom stereocenters. The van der Waals surface area contributed by atoms with Gasteiger partial charge in [0.2, 0.25) is 10.0 Å². The maximum atomic E-state index is 13.6. The Balaban J connectivity index is 1.80. The molecule has 0 spiro atoms. The molecule has 1 aliphatic rings. The van der Waals surface area contributed by atoms with Gasteiger partial charge in [-0.25, -0.2) is 26.8 Å². The molecule has 4 N–H and O–H groups in total. The van der Waals surface area contributed by atoms with Crippen LogP contribution < -0.4 is 15.8 Å². The van der Waals surface area contributed by atoms with Crippen LogP contribution >= 0.6 is 11.8 Å². The van der Waals surface area contributed by atoms with Crippen LogP contribution in [0.2, 0.25) is 0 Å². The number of carbonyl (C=O) groups excluding carboxylic acids is 1. The molecule has 16 heteroatoms. The number of sulfone groups is 1. The topological polar surface area (TPSA) is 148 Å². The molecule has 2 aromatic rings. The van der Waals surface area contributed by atoms with E-state index in [9.17, 15) is 34.8 Å². The standard InChI is InChI=1S/C26H35F3N4O6S3/c1-25(2,3)39-24(34)32-18-11-13-33(16-18)14-12-19(17-40-20-7-5-4-6-8-20)31-22-10-9-21(42(30,37)38)15-23(22)41(35,36)26(27,28)29/h4-10,15,18-19,31H,11-14,16-17H2,1-3H3,(H,32,34)(H2,30,37,38)/t18-,19+/m0/s1. The predicted molar refractivity (Wildman–Crippen MR) is 154 cm³/mol. The first-order chi connectivity index (χ1) is 19.3. The average Bonchev–Trinajstić information content (AvgIpc) is 3.30. The van der Waals surface area contributed by atoms with Gasteiger partial charge in [0.05, 0.1) is 10.6 Å². The van der Waals surface area contributed by atoms with Gasteiger partial charge in [-0.1, -0.05) is 18.2 Å². The number of hydrogen-bond donors (Lipinski definition) is 3. The number of alkyl halides is 3. The summed E-state index contributed by atoms with van der Waals surface area (Å²) in [5.41, 5.74) is -6.69. The van der Waals surface area contributed by atoms with E-state index in [-0.39, 0.29) is 11.7 Å². The maximum absolute atomic E-state index is 13.6. The van der Waals surface area contributed by atoms with Crippen LogP contribution in [0, 0.1) is 0 Å². The number of halogens is 3. The minimum absolute atomic E-state index is 0.140. The summed E-state index contributed by atoms with van der Waals surface area (Å²) in [6, 6.07) is 11.0. The fourth-order valence-electron chi connectivity index (χ4n) is 4.24. The molecule has 0 radical (unpaired) electrons. The first kappa shape index (κ1) is 34.0. The van der Waals surface area contributed by atoms with E-state index in [1.807, 2.05) is 30.3 Å². The lowest BCUT2D eigenvalue weighted by molar-refractivity contribution is -0.0435. The van der Waals surface area contributed by atoms with Gasteiger partial charge < -0.3 is 20.3 Å². The van der Waals surface area contributed by atoms with E-state index < -0.39 is 52.9 Å². The number of carbonyl (C=O) groups is 1. The lowest BCUT2D eigenvalue weighted by atomic mass is 10.2. The van der Waals surface area contributed by atoms with E-state index in [1.165, 1.54) is 11.8 Å². The smallest absolute Gasteiger partial charge is 0.444 e. The predicted octanol–water partition coefficient (Wildman–Crippen LogP) is 4.19. The number of hydrogen-bond acceptors (Lipinski definition) is 9. The lowest BCUT2D eigenvalue weighted by Crippen LogP contribution is -2.41. The number of rotatable bonds is 11. The number of sulfonamides is 1. The van der Waals surface area contributed by atoms with Crippen LogP contribution in [0.3, 0.4) is 0 Å². The molecule has 1 saturated heterocycles. The zero-order valence-electron chi connectivity index (χ0n) is 23.3. The molecule has 1 aliphatic heterocycles. The van der Waals surface area contributed by atoms with Crippen molar-refractivity contribution < 1.29 is 39.5 Å². The van der Waals surface area contributed by atoms with Gasteiger partial charge in [0.1, 0.15) is 10.5 Å². The molecule has 1 heterocycles. The molecule has 0 saturated carbocycles. The Labute approximate surface area is 248 Å². The molecule has 0 aromatic heterocycles. The molecule has 1 amide bonds. The van der Waals surface area contributed by atoms with Crippen LogP contribution in [0.1, 0.15) is 33.6 Å². The number of thioether (sulfide) groups is 1. The molecule has 3 rings (SSSR count). The Kier molecular flexibility index (Phi) is 10.8. The molecule has 234 valence electrons. The summed E-state index contributed by atoms with van der Waals surface area (Å²) < 4.78 is 94.5. The number of alkyl carbamates (subject to hydrolysis) is 1. The van der Waals surface area contributed by atoms with Crippen molar-refractivity contribution >= 4 is 43.4 Å². The van der Waals surface area contributed by atoms with Crippen molar-refractivity contribution in [3.05, 3.63) is 48.5 Å². The monoisotopic (exact) mass is 652 g/mol. The molecule has 1 fully saturated rings. The third-order valence-corrected chi connectivity index (χ3v) is 9.83. The van der Waals surface area contributed by atoms with Crippen molar-refractivity contribution in [2.45, 2.75) is 71.5 Å². The van der Waals surface area contributed by atoms with Crippen molar-refractivity contribution in [3.8, 4) is 0 Å². The Bertz CT molecular complexity index is 1450. The van der Waals surface area contributed by atoms with E-state index in [0.29, 0.717) is 44.3 Å². The highest BCUT2D eigenvalue weighted by Gasteiger charge is 2.48. The second kappa shape index (κ2) is 13.4. The Morgan fingerprint density at radius 3 is 2.38 bits per heavy atom. The van der Waals surface area contributed by atoms with Gasteiger partial charge in [-0.3, -0.25) is 0 Å². The fourth-order valence-corrected chi connectivity index (χ4v) is 6.80. The van der Waals surface area contributed by atoms with E-state index >= 15 is 0 Å². The maximum Gasteiger partial charge on any atom is 0.501 e. The van der Waals surface area contributed by atoms with Gasteiger partial charge in [0, 0.05) is 42.4 Å². The first-order valence-corrected chi connectivity index (χ1v) is 17.0. The summed E-state index contributed by atoms with van der Waals surface area (Å²) >= 11 is 1.43. The minimum atomic E-state index is -5.92. The van der Waals surface area contributed by atoms with E-state index in [4.69, 9.17) is 9.88 Å². The highest BCUT2D eigenvalue weighted by molar-refractivity contribution is 7.99. The third-order valence-electron chi connectivity index (χ3n) is 6.22. The largest absolute Gasteiger partial charge is 0.501 e. The van der Waals surface area contributed by atoms with Crippen molar-refractivity contribution in [2.24, 2.45) is 5.14 Å². The van der Waals surface area contributed by atoms with Crippen LogP contribution in [-0.4, -0.2) is 76.4 Å². The average molecular weight is 653 g/mol. The second-order valence-corrected chi connectivity index (χ2v) is 15.4. The lowest BCUT2D eigenvalue weighted by Gasteiger charge is -2.25. The van der Waals surface area contributed by atoms with Crippen molar-refractivity contribution in [3.63, 3.8) is 0 Å². The molecule has 2 atom stereocenters. The number of nitrogens with zero attached hydrogens (tertiary/aromatic N) is 1. The Morgan fingerprint density at radius 2 is 1.79 bits per heavy atom. The van der Waals surface area contributed by atoms with Crippen molar-refractivity contribution in [1.29, 1.82) is 0 Å². The second-order valence-electron chi connectivity index (χ2n) is 10.8. The third kappa shape index (κ3) is 9.76. The molecule has 10 nitrogen and oxygen atoms in total. The highest BCUT2D eigenvalue weighted by Crippen LogP contribution is 2.36. The number of nitrogens with one attached hydrogen (secondary N) is 2. The van der Waals surface area contributed by atoms with Gasteiger partial charge >= 0.3 is 11.6 Å². The SMILES string of the molecule is CC(C)(C)OC(=O)N[C@H]1CCN(CC[C@H](CSc2ccccc2)Nc2ccc(S(N)(=O)=O)cc2S(=O)(=O)C(F)(F)F)C1.